The molecule has 0 bridgehead atoms. The van der Waals surface area contributed by atoms with Gasteiger partial charge >= 0.3 is 18.3 Å². The van der Waals surface area contributed by atoms with Crippen LogP contribution in [-0.4, -0.2) is 47.5 Å². The van der Waals surface area contributed by atoms with Crippen LogP contribution in [0.2, 0.25) is 0 Å². The number of halogens is 6. The maximum Gasteiger partial charge on any atom is 0.490 e. The van der Waals surface area contributed by atoms with Crippen LogP contribution < -0.4 is 10.0 Å². The predicted molar refractivity (Wildman–Crippen MR) is 146 cm³/mol. The summed E-state index contributed by atoms with van der Waals surface area (Å²) in [7, 11) is -3.80. The molecular formula is C28H22F6N4O6S. The number of aromatic nitrogens is 2. The largest absolute Gasteiger partial charge is 0.490 e. The first kappa shape index (κ1) is 33.0. The van der Waals surface area contributed by atoms with Crippen molar-refractivity contribution in [2.45, 2.75) is 36.5 Å². The highest BCUT2D eigenvalue weighted by Gasteiger charge is 2.39. The predicted octanol–water partition coefficient (Wildman–Crippen LogP) is 4.82. The molecule has 0 radical (unpaired) electrons. The Labute approximate surface area is 250 Å². The highest BCUT2D eigenvalue weighted by molar-refractivity contribution is 7.90. The second kappa shape index (κ2) is 12.6. The number of H-pyrrole nitrogens is 1. The summed E-state index contributed by atoms with van der Waals surface area (Å²) >= 11 is 0. The van der Waals surface area contributed by atoms with Gasteiger partial charge in [-0.15, -0.1) is 0 Å². The number of carbonyl (C=O) groups is 3. The number of sulfonamides is 1. The number of imidazole rings is 1. The Balaban J connectivity index is 0.000000591. The fraction of sp³-hybridized carbons (Fsp3) is 0.214. The molecule has 10 nitrogen and oxygen atoms in total. The second-order valence-electron chi connectivity index (χ2n) is 9.76. The summed E-state index contributed by atoms with van der Waals surface area (Å²) in [4.78, 5) is 41.2. The fourth-order valence-corrected chi connectivity index (χ4v) is 5.81. The van der Waals surface area contributed by atoms with E-state index in [4.69, 9.17) is 9.90 Å². The van der Waals surface area contributed by atoms with Crippen molar-refractivity contribution in [3.63, 3.8) is 0 Å². The monoisotopic (exact) mass is 656 g/mol. The normalized spacial score (nSPS) is 16.8. The number of carboxylic acid groups (broad SMARTS) is 1. The molecule has 1 aliphatic heterocycles. The van der Waals surface area contributed by atoms with E-state index >= 15 is 0 Å². The Hall–Kier alpha value is -4.93. The van der Waals surface area contributed by atoms with Gasteiger partial charge in [-0.2, -0.15) is 26.3 Å². The third-order valence-corrected chi connectivity index (χ3v) is 8.23. The Kier molecular flexibility index (Phi) is 9.22. The highest BCUT2D eigenvalue weighted by atomic mass is 32.2. The van der Waals surface area contributed by atoms with E-state index in [9.17, 15) is 44.3 Å². The number of hydrogen-bond acceptors (Lipinski definition) is 6. The van der Waals surface area contributed by atoms with Crippen LogP contribution in [0.15, 0.2) is 72.8 Å². The van der Waals surface area contributed by atoms with Crippen LogP contribution in [0.3, 0.4) is 0 Å². The standard InChI is InChI=1S/C26H21F3N4O4S.C2HF3O2/c27-26(28,29)18-5-3-4-17(13-18)25(35)32-21(24-30-19-6-1-2-7-20(19)31-24)12-15-8-10-16(11-9-15)22-14-23(34)33-38(22,36)37;3-2(4,5)1(6)7/h1-11,13,21-22H,12,14H2,(H,30,31)(H,32,35)(H,33,34);(H,6,7)/t21-,22?;/m0./s1. The maximum absolute atomic E-state index is 13.2. The van der Waals surface area contributed by atoms with Gasteiger partial charge in [0, 0.05) is 5.56 Å². The summed E-state index contributed by atoms with van der Waals surface area (Å²) in [6.07, 6.45) is -9.64. The zero-order chi connectivity index (χ0) is 33.2. The van der Waals surface area contributed by atoms with Crippen molar-refractivity contribution in [3.05, 3.63) is 101 Å². The lowest BCUT2D eigenvalue weighted by atomic mass is 10.0. The van der Waals surface area contributed by atoms with E-state index < -0.39 is 57.0 Å². The number of alkyl halides is 6. The molecular weight excluding hydrogens is 634 g/mol. The Morgan fingerprint density at radius 3 is 2.18 bits per heavy atom. The summed E-state index contributed by atoms with van der Waals surface area (Å²) < 4.78 is 97.6. The lowest BCUT2D eigenvalue weighted by molar-refractivity contribution is -0.192. The summed E-state index contributed by atoms with van der Waals surface area (Å²) in [5.41, 5.74) is 1.44. The van der Waals surface area contributed by atoms with Gasteiger partial charge in [-0.3, -0.25) is 14.3 Å². The number of benzene rings is 3. The number of aliphatic carboxylic acids is 1. The number of carboxylic acids is 1. The molecule has 1 aliphatic rings. The molecule has 0 saturated carbocycles. The van der Waals surface area contributed by atoms with Crippen LogP contribution >= 0.6 is 0 Å². The van der Waals surface area contributed by atoms with Crippen molar-refractivity contribution >= 4 is 38.8 Å². The summed E-state index contributed by atoms with van der Waals surface area (Å²) in [6.45, 7) is 0. The number of para-hydroxylation sites is 2. The van der Waals surface area contributed by atoms with E-state index in [1.54, 1.807) is 36.4 Å². The topological polar surface area (TPSA) is 158 Å². The quantitative estimate of drug-likeness (QED) is 0.217. The summed E-state index contributed by atoms with van der Waals surface area (Å²) in [5, 5.41) is 8.91. The highest BCUT2D eigenvalue weighted by Crippen LogP contribution is 2.32. The van der Waals surface area contributed by atoms with Crippen molar-refractivity contribution in [1.82, 2.24) is 20.0 Å². The Morgan fingerprint density at radius 1 is 0.978 bits per heavy atom. The summed E-state index contributed by atoms with van der Waals surface area (Å²) in [5.74, 6) is -3.63. The fourth-order valence-electron chi connectivity index (χ4n) is 4.38. The average Bonchev–Trinajstić information content (AvgIpc) is 3.51. The van der Waals surface area contributed by atoms with Crippen molar-refractivity contribution in [1.29, 1.82) is 0 Å². The number of hydrogen-bond donors (Lipinski definition) is 4. The van der Waals surface area contributed by atoms with E-state index in [0.29, 0.717) is 22.5 Å². The molecule has 45 heavy (non-hydrogen) atoms. The molecule has 238 valence electrons. The first-order valence-corrected chi connectivity index (χ1v) is 14.3. The molecule has 2 amide bonds. The summed E-state index contributed by atoms with van der Waals surface area (Å²) in [6, 6.07) is 17.2. The van der Waals surface area contributed by atoms with Crippen molar-refractivity contribution in [2.24, 2.45) is 0 Å². The molecule has 1 saturated heterocycles. The van der Waals surface area contributed by atoms with Crippen molar-refractivity contribution in [2.75, 3.05) is 0 Å². The SMILES string of the molecule is O=C(O)C(F)(F)F.O=C1CC(c2ccc(C[C@H](NC(=O)c3cccc(C(F)(F)F)c3)c3nc4ccccc4[nH]3)cc2)S(=O)(=O)N1. The molecule has 17 heteroatoms. The Bertz CT molecular complexity index is 1810. The molecule has 5 rings (SSSR count). The second-order valence-corrected chi connectivity index (χ2v) is 11.6. The number of nitrogens with zero attached hydrogens (tertiary/aromatic N) is 1. The first-order valence-electron chi connectivity index (χ1n) is 12.8. The number of fused-ring (bicyclic) bond motifs is 1. The third kappa shape index (κ3) is 8.17. The van der Waals surface area contributed by atoms with Crippen LogP contribution in [0.1, 0.15) is 50.6 Å². The van der Waals surface area contributed by atoms with Crippen LogP contribution in [0.25, 0.3) is 11.0 Å². The zero-order valence-electron chi connectivity index (χ0n) is 22.6. The van der Waals surface area contributed by atoms with Crippen LogP contribution in [0, 0.1) is 0 Å². The number of carbonyl (C=O) groups excluding carboxylic acids is 2. The average molecular weight is 657 g/mol. The van der Waals surface area contributed by atoms with E-state index in [-0.39, 0.29) is 18.4 Å². The lowest BCUT2D eigenvalue weighted by Crippen LogP contribution is -2.31. The molecule has 0 spiro atoms. The number of aromatic amines is 1. The van der Waals surface area contributed by atoms with E-state index in [1.807, 2.05) is 16.9 Å². The van der Waals surface area contributed by atoms with E-state index in [2.05, 4.69) is 15.3 Å². The third-order valence-electron chi connectivity index (χ3n) is 6.53. The van der Waals surface area contributed by atoms with Gasteiger partial charge in [-0.05, 0) is 47.9 Å². The van der Waals surface area contributed by atoms with Gasteiger partial charge in [0.1, 0.15) is 11.1 Å². The van der Waals surface area contributed by atoms with Crippen LogP contribution in [0.5, 0.6) is 0 Å². The van der Waals surface area contributed by atoms with Crippen LogP contribution in [0.4, 0.5) is 26.3 Å². The molecule has 1 aromatic heterocycles. The molecule has 2 heterocycles. The van der Waals surface area contributed by atoms with Gasteiger partial charge in [0.15, 0.2) is 0 Å². The Morgan fingerprint density at radius 2 is 1.62 bits per heavy atom. The number of amides is 2. The van der Waals surface area contributed by atoms with Gasteiger partial charge in [-0.25, -0.2) is 18.2 Å². The molecule has 0 aliphatic carbocycles. The molecule has 3 aromatic carbocycles. The first-order chi connectivity index (χ1) is 20.9. The lowest BCUT2D eigenvalue weighted by Gasteiger charge is -2.18. The minimum atomic E-state index is -5.08. The number of rotatable bonds is 6. The van der Waals surface area contributed by atoms with Crippen molar-refractivity contribution < 1.29 is 54.3 Å². The molecule has 1 fully saturated rings. The number of nitrogens with one attached hydrogen (secondary N) is 3. The zero-order valence-corrected chi connectivity index (χ0v) is 23.4. The maximum atomic E-state index is 13.2. The minimum absolute atomic E-state index is 0.153. The van der Waals surface area contributed by atoms with Gasteiger partial charge in [0.05, 0.1) is 29.1 Å². The van der Waals surface area contributed by atoms with Crippen LogP contribution in [-0.2, 0) is 32.2 Å². The van der Waals surface area contributed by atoms with Gasteiger partial charge in [-0.1, -0.05) is 42.5 Å². The van der Waals surface area contributed by atoms with E-state index in [0.717, 1.165) is 17.6 Å². The molecule has 1 unspecified atom stereocenters. The van der Waals surface area contributed by atoms with Gasteiger partial charge < -0.3 is 15.4 Å². The molecule has 4 aromatic rings. The van der Waals surface area contributed by atoms with Gasteiger partial charge in [0.25, 0.3) is 5.91 Å². The molecule has 4 N–H and O–H groups in total. The van der Waals surface area contributed by atoms with Gasteiger partial charge in [0.2, 0.25) is 15.9 Å². The molecule has 2 atom stereocenters. The minimum Gasteiger partial charge on any atom is -0.475 e. The van der Waals surface area contributed by atoms with Crippen molar-refractivity contribution in [3.8, 4) is 0 Å². The smallest absolute Gasteiger partial charge is 0.475 e. The van der Waals surface area contributed by atoms with E-state index in [1.165, 1.54) is 12.1 Å².